The number of benzene rings is 2. The summed E-state index contributed by atoms with van der Waals surface area (Å²) in [6, 6.07) is 13.4. The molecule has 0 aliphatic rings. The zero-order chi connectivity index (χ0) is 18.0. The summed E-state index contributed by atoms with van der Waals surface area (Å²) in [7, 11) is -2.16. The third-order valence-corrected chi connectivity index (χ3v) is 5.21. The van der Waals surface area contributed by atoms with E-state index in [1.807, 2.05) is 13.8 Å². The van der Waals surface area contributed by atoms with E-state index in [0.29, 0.717) is 17.2 Å². The molecule has 1 aromatic heterocycles. The van der Waals surface area contributed by atoms with Gasteiger partial charge in [0.15, 0.2) is 0 Å². The van der Waals surface area contributed by atoms with Gasteiger partial charge in [0.1, 0.15) is 11.5 Å². The van der Waals surface area contributed by atoms with E-state index in [9.17, 15) is 8.42 Å². The van der Waals surface area contributed by atoms with Gasteiger partial charge in [-0.05, 0) is 43.7 Å². The van der Waals surface area contributed by atoms with Crippen LogP contribution in [0.25, 0.3) is 11.1 Å². The SMILES string of the molecule is COc1cccc(NS(=O)(=O)c2ccc(-c3c(C)noc3C)cc2)c1. The van der Waals surface area contributed by atoms with E-state index in [-0.39, 0.29) is 4.90 Å². The van der Waals surface area contributed by atoms with Gasteiger partial charge in [-0.25, -0.2) is 8.42 Å². The molecule has 3 aromatic rings. The molecule has 0 saturated heterocycles. The summed E-state index contributed by atoms with van der Waals surface area (Å²) in [4.78, 5) is 0.172. The standard InChI is InChI=1S/C18H18N2O4S/c1-12-18(13(2)24-19-12)14-7-9-17(10-8-14)25(21,22)20-15-5-4-6-16(11-15)23-3/h4-11,20H,1-3H3. The number of rotatable bonds is 5. The van der Waals surface area contributed by atoms with E-state index in [1.165, 1.54) is 7.11 Å². The number of aryl methyl sites for hydroxylation is 2. The van der Waals surface area contributed by atoms with Gasteiger partial charge in [0.25, 0.3) is 10.0 Å². The van der Waals surface area contributed by atoms with Crippen molar-refractivity contribution >= 4 is 15.7 Å². The Kier molecular flexibility index (Phi) is 4.50. The number of ether oxygens (including phenoxy) is 1. The summed E-state index contributed by atoms with van der Waals surface area (Å²) in [6.45, 7) is 3.67. The fourth-order valence-electron chi connectivity index (χ4n) is 2.60. The van der Waals surface area contributed by atoms with Crippen LogP contribution in [0.1, 0.15) is 11.5 Å². The third-order valence-electron chi connectivity index (χ3n) is 3.81. The highest BCUT2D eigenvalue weighted by Gasteiger charge is 2.16. The first-order valence-corrected chi connectivity index (χ1v) is 9.09. The van der Waals surface area contributed by atoms with E-state index in [0.717, 1.165) is 16.8 Å². The van der Waals surface area contributed by atoms with Gasteiger partial charge in [-0.1, -0.05) is 23.4 Å². The lowest BCUT2D eigenvalue weighted by atomic mass is 10.0. The van der Waals surface area contributed by atoms with Crippen LogP contribution in [0.5, 0.6) is 5.75 Å². The van der Waals surface area contributed by atoms with Crippen LogP contribution < -0.4 is 9.46 Å². The molecule has 0 saturated carbocycles. The Hall–Kier alpha value is -2.80. The van der Waals surface area contributed by atoms with Gasteiger partial charge < -0.3 is 9.26 Å². The minimum atomic E-state index is -3.69. The predicted octanol–water partition coefficient (Wildman–Crippen LogP) is 3.77. The average molecular weight is 358 g/mol. The molecular weight excluding hydrogens is 340 g/mol. The monoisotopic (exact) mass is 358 g/mol. The van der Waals surface area contributed by atoms with Crippen molar-refractivity contribution in [2.24, 2.45) is 0 Å². The Bertz CT molecular complexity index is 973. The molecule has 0 atom stereocenters. The quantitative estimate of drug-likeness (QED) is 0.751. The van der Waals surface area contributed by atoms with Gasteiger partial charge in [0, 0.05) is 11.6 Å². The summed E-state index contributed by atoms with van der Waals surface area (Å²) < 4.78 is 37.9. The summed E-state index contributed by atoms with van der Waals surface area (Å²) in [6.07, 6.45) is 0. The Morgan fingerprint density at radius 2 is 1.80 bits per heavy atom. The van der Waals surface area contributed by atoms with Crippen LogP contribution in [0, 0.1) is 13.8 Å². The first-order valence-electron chi connectivity index (χ1n) is 7.61. The fraction of sp³-hybridized carbons (Fsp3) is 0.167. The molecule has 1 N–H and O–H groups in total. The van der Waals surface area contributed by atoms with Gasteiger partial charge in [0.05, 0.1) is 23.4 Å². The van der Waals surface area contributed by atoms with E-state index in [1.54, 1.807) is 48.5 Å². The van der Waals surface area contributed by atoms with Gasteiger partial charge in [-0.3, -0.25) is 4.72 Å². The molecule has 0 unspecified atom stereocenters. The Morgan fingerprint density at radius 3 is 2.40 bits per heavy atom. The summed E-state index contributed by atoms with van der Waals surface area (Å²) in [5, 5.41) is 3.92. The zero-order valence-corrected chi connectivity index (χ0v) is 14.9. The first-order chi connectivity index (χ1) is 11.9. The summed E-state index contributed by atoms with van der Waals surface area (Å²) in [5.41, 5.74) is 2.94. The lowest BCUT2D eigenvalue weighted by molar-refractivity contribution is 0.393. The highest BCUT2D eigenvalue weighted by molar-refractivity contribution is 7.92. The Morgan fingerprint density at radius 1 is 1.08 bits per heavy atom. The van der Waals surface area contributed by atoms with E-state index >= 15 is 0 Å². The van der Waals surface area contributed by atoms with Crippen LogP contribution >= 0.6 is 0 Å². The molecule has 0 fully saturated rings. The normalized spacial score (nSPS) is 11.3. The van der Waals surface area contributed by atoms with Crippen LogP contribution in [0.3, 0.4) is 0 Å². The maximum Gasteiger partial charge on any atom is 0.261 e. The molecule has 2 aromatic carbocycles. The van der Waals surface area contributed by atoms with Crippen molar-refractivity contribution in [1.29, 1.82) is 0 Å². The van der Waals surface area contributed by atoms with Crippen LogP contribution in [0.15, 0.2) is 57.9 Å². The average Bonchev–Trinajstić information content (AvgIpc) is 2.93. The van der Waals surface area contributed by atoms with Gasteiger partial charge in [-0.15, -0.1) is 0 Å². The Labute approximate surface area is 146 Å². The second kappa shape index (κ2) is 6.60. The van der Waals surface area contributed by atoms with Crippen molar-refractivity contribution in [1.82, 2.24) is 5.16 Å². The minimum absolute atomic E-state index is 0.172. The van der Waals surface area contributed by atoms with Crippen LogP contribution in [-0.2, 0) is 10.0 Å². The molecule has 0 amide bonds. The van der Waals surface area contributed by atoms with Crippen molar-refractivity contribution in [3.05, 3.63) is 60.0 Å². The predicted molar refractivity (Wildman–Crippen MR) is 95.2 cm³/mol. The number of hydrogen-bond acceptors (Lipinski definition) is 5. The number of nitrogens with one attached hydrogen (secondary N) is 1. The maximum atomic E-state index is 12.6. The number of anilines is 1. The van der Waals surface area contributed by atoms with Gasteiger partial charge in [0.2, 0.25) is 0 Å². The van der Waals surface area contributed by atoms with Crippen LogP contribution in [-0.4, -0.2) is 20.7 Å². The molecule has 0 spiro atoms. The smallest absolute Gasteiger partial charge is 0.261 e. The van der Waals surface area contributed by atoms with E-state index < -0.39 is 10.0 Å². The molecule has 1 heterocycles. The molecule has 0 aliphatic heterocycles. The zero-order valence-electron chi connectivity index (χ0n) is 14.1. The molecule has 0 aliphatic carbocycles. The largest absolute Gasteiger partial charge is 0.497 e. The summed E-state index contributed by atoms with van der Waals surface area (Å²) in [5.74, 6) is 1.27. The molecule has 0 bridgehead atoms. The minimum Gasteiger partial charge on any atom is -0.497 e. The molecule has 3 rings (SSSR count). The van der Waals surface area contributed by atoms with Crippen LogP contribution in [0.2, 0.25) is 0 Å². The van der Waals surface area contributed by atoms with E-state index in [2.05, 4.69) is 9.88 Å². The molecule has 0 radical (unpaired) electrons. The molecular formula is C18H18N2O4S. The lowest BCUT2D eigenvalue weighted by Crippen LogP contribution is -2.12. The Balaban J connectivity index is 1.88. The second-order valence-corrected chi connectivity index (χ2v) is 7.24. The molecule has 7 heteroatoms. The van der Waals surface area contributed by atoms with E-state index in [4.69, 9.17) is 9.26 Å². The van der Waals surface area contributed by atoms with Crippen molar-refractivity contribution < 1.29 is 17.7 Å². The van der Waals surface area contributed by atoms with Crippen molar-refractivity contribution in [2.45, 2.75) is 18.7 Å². The fourth-order valence-corrected chi connectivity index (χ4v) is 3.65. The maximum absolute atomic E-state index is 12.6. The van der Waals surface area contributed by atoms with Gasteiger partial charge >= 0.3 is 0 Å². The molecule has 25 heavy (non-hydrogen) atoms. The number of nitrogens with zero attached hydrogens (tertiary/aromatic N) is 1. The third kappa shape index (κ3) is 3.51. The van der Waals surface area contributed by atoms with Crippen molar-refractivity contribution in [3.63, 3.8) is 0 Å². The molecule has 6 nitrogen and oxygen atoms in total. The highest BCUT2D eigenvalue weighted by Crippen LogP contribution is 2.28. The first kappa shape index (κ1) is 17.0. The highest BCUT2D eigenvalue weighted by atomic mass is 32.2. The van der Waals surface area contributed by atoms with Crippen molar-refractivity contribution in [2.75, 3.05) is 11.8 Å². The lowest BCUT2D eigenvalue weighted by Gasteiger charge is -2.10. The number of hydrogen-bond donors (Lipinski definition) is 1. The van der Waals surface area contributed by atoms with Gasteiger partial charge in [-0.2, -0.15) is 0 Å². The number of aromatic nitrogens is 1. The number of sulfonamides is 1. The topological polar surface area (TPSA) is 81.4 Å². The molecule has 130 valence electrons. The summed E-state index contributed by atoms with van der Waals surface area (Å²) >= 11 is 0. The van der Waals surface area contributed by atoms with Crippen LogP contribution in [0.4, 0.5) is 5.69 Å². The second-order valence-electron chi connectivity index (χ2n) is 5.56. The van der Waals surface area contributed by atoms with Crippen molar-refractivity contribution in [3.8, 4) is 16.9 Å². The number of methoxy groups -OCH3 is 1.